The third-order valence-electron chi connectivity index (χ3n) is 5.20. The normalized spacial score (nSPS) is 23.9. The number of halogens is 1. The first-order chi connectivity index (χ1) is 12.4. The maximum Gasteiger partial charge on any atom is 0.338 e. The Labute approximate surface area is 153 Å². The van der Waals surface area contributed by atoms with Crippen molar-refractivity contribution in [1.82, 2.24) is 4.31 Å². The van der Waals surface area contributed by atoms with Gasteiger partial charge in [-0.25, -0.2) is 17.6 Å². The molecule has 2 aliphatic rings. The summed E-state index contributed by atoms with van der Waals surface area (Å²) in [5.41, 5.74) is 0.0585. The monoisotopic (exact) mass is 381 g/mol. The number of carbonyl (C=O) groups excluding carboxylic acids is 1. The number of carbonyl (C=O) groups is 1. The van der Waals surface area contributed by atoms with Gasteiger partial charge in [-0.15, -0.1) is 0 Å². The smallest absolute Gasteiger partial charge is 0.338 e. The topological polar surface area (TPSA) is 63.7 Å². The highest BCUT2D eigenvalue weighted by atomic mass is 32.2. The Kier molecular flexibility index (Phi) is 5.77. The van der Waals surface area contributed by atoms with E-state index in [4.69, 9.17) is 4.74 Å². The number of benzene rings is 1. The molecule has 1 aliphatic carbocycles. The van der Waals surface area contributed by atoms with Gasteiger partial charge < -0.3 is 4.74 Å². The molecule has 1 aromatic carbocycles. The average molecular weight is 381 g/mol. The molecule has 2 atom stereocenters. The molecule has 0 N–H and O–H groups in total. The minimum absolute atomic E-state index is 0.0585. The van der Waals surface area contributed by atoms with Gasteiger partial charge in [-0.1, -0.05) is 19.1 Å². The van der Waals surface area contributed by atoms with Crippen molar-refractivity contribution in [3.05, 3.63) is 41.7 Å². The maximum atomic E-state index is 14.1. The van der Waals surface area contributed by atoms with Crippen LogP contribution in [0, 0.1) is 17.7 Å². The number of esters is 1. The first kappa shape index (κ1) is 19.0. The van der Waals surface area contributed by atoms with E-state index in [-0.39, 0.29) is 18.1 Å². The summed E-state index contributed by atoms with van der Waals surface area (Å²) >= 11 is 0. The lowest BCUT2D eigenvalue weighted by Gasteiger charge is -2.24. The largest absolute Gasteiger partial charge is 0.462 e. The maximum absolute atomic E-state index is 14.1. The van der Waals surface area contributed by atoms with Crippen molar-refractivity contribution in [3.8, 4) is 0 Å². The minimum atomic E-state index is -3.93. The molecule has 1 aliphatic heterocycles. The van der Waals surface area contributed by atoms with Crippen molar-refractivity contribution >= 4 is 16.0 Å². The van der Waals surface area contributed by atoms with Gasteiger partial charge in [0, 0.05) is 13.1 Å². The molecule has 5 nitrogen and oxygen atoms in total. The van der Waals surface area contributed by atoms with E-state index in [2.05, 4.69) is 19.1 Å². The average Bonchev–Trinajstić information content (AvgIpc) is 3.16. The van der Waals surface area contributed by atoms with Crippen LogP contribution in [0.25, 0.3) is 0 Å². The van der Waals surface area contributed by atoms with Gasteiger partial charge in [0.1, 0.15) is 10.7 Å². The molecule has 3 rings (SSSR count). The van der Waals surface area contributed by atoms with Gasteiger partial charge in [-0.3, -0.25) is 0 Å². The minimum Gasteiger partial charge on any atom is -0.462 e. The van der Waals surface area contributed by atoms with Crippen molar-refractivity contribution in [2.45, 2.75) is 37.5 Å². The molecule has 26 heavy (non-hydrogen) atoms. The Balaban J connectivity index is 1.74. The molecule has 0 radical (unpaired) electrons. The van der Waals surface area contributed by atoms with E-state index in [1.807, 2.05) is 0 Å². The van der Waals surface area contributed by atoms with E-state index in [1.165, 1.54) is 10.4 Å². The van der Waals surface area contributed by atoms with E-state index in [1.54, 1.807) is 0 Å². The molecule has 142 valence electrons. The Morgan fingerprint density at radius 2 is 1.92 bits per heavy atom. The van der Waals surface area contributed by atoms with Crippen molar-refractivity contribution in [2.75, 3.05) is 19.7 Å². The lowest BCUT2D eigenvalue weighted by molar-refractivity contribution is 0.0395. The zero-order valence-electron chi connectivity index (χ0n) is 14.9. The molecular weight excluding hydrogens is 357 g/mol. The van der Waals surface area contributed by atoms with Crippen molar-refractivity contribution < 1.29 is 22.3 Å². The van der Waals surface area contributed by atoms with Gasteiger partial charge in [0.25, 0.3) is 0 Å². The standard InChI is InChI=1S/C19H24FNO4S/c1-14-6-2-3-7-16(14)13-25-19(22)15-8-9-17(20)18(12-15)26(23,24)21-10-4-5-11-21/h2-3,8-9,12,14,16H,4-7,10-11,13H2,1H3. The van der Waals surface area contributed by atoms with Gasteiger partial charge in [0.15, 0.2) is 0 Å². The molecule has 1 aromatic rings. The molecular formula is C19H24FNO4S. The van der Waals surface area contributed by atoms with Gasteiger partial charge in [-0.2, -0.15) is 4.31 Å². The summed E-state index contributed by atoms with van der Waals surface area (Å²) in [4.78, 5) is 11.9. The summed E-state index contributed by atoms with van der Waals surface area (Å²) in [5, 5.41) is 0. The SMILES string of the molecule is CC1CC=CCC1COC(=O)c1ccc(F)c(S(=O)(=O)N2CCCC2)c1. The summed E-state index contributed by atoms with van der Waals surface area (Å²) in [6.07, 6.45) is 7.53. The number of sulfonamides is 1. The number of ether oxygens (including phenoxy) is 1. The lowest BCUT2D eigenvalue weighted by atomic mass is 9.85. The van der Waals surface area contributed by atoms with Crippen LogP contribution in [-0.2, 0) is 14.8 Å². The van der Waals surface area contributed by atoms with Gasteiger partial charge in [0.2, 0.25) is 10.0 Å². The van der Waals surface area contributed by atoms with E-state index < -0.39 is 26.7 Å². The molecule has 0 aromatic heterocycles. The summed E-state index contributed by atoms with van der Waals surface area (Å²) in [6.45, 7) is 3.14. The van der Waals surface area contributed by atoms with Crippen LogP contribution in [0.4, 0.5) is 4.39 Å². The Bertz CT molecular complexity index is 800. The number of hydrogen-bond acceptors (Lipinski definition) is 4. The second-order valence-electron chi connectivity index (χ2n) is 7.04. The van der Waals surface area contributed by atoms with Crippen LogP contribution in [0.15, 0.2) is 35.2 Å². The second-order valence-corrected chi connectivity index (χ2v) is 8.94. The van der Waals surface area contributed by atoms with Crippen molar-refractivity contribution in [1.29, 1.82) is 0 Å². The molecule has 0 spiro atoms. The molecule has 2 unspecified atom stereocenters. The van der Waals surface area contributed by atoms with Crippen LogP contribution >= 0.6 is 0 Å². The Morgan fingerprint density at radius 3 is 2.62 bits per heavy atom. The zero-order chi connectivity index (χ0) is 18.7. The lowest BCUT2D eigenvalue weighted by Crippen LogP contribution is -2.29. The third-order valence-corrected chi connectivity index (χ3v) is 7.11. The fraction of sp³-hybridized carbons (Fsp3) is 0.526. The Morgan fingerprint density at radius 1 is 1.23 bits per heavy atom. The van der Waals surface area contributed by atoms with E-state index in [9.17, 15) is 17.6 Å². The third kappa shape index (κ3) is 3.99. The highest BCUT2D eigenvalue weighted by molar-refractivity contribution is 7.89. The Hall–Kier alpha value is -1.73. The number of allylic oxidation sites excluding steroid dienone is 2. The molecule has 0 saturated carbocycles. The van der Waals surface area contributed by atoms with Crippen LogP contribution in [0.3, 0.4) is 0 Å². The number of hydrogen-bond donors (Lipinski definition) is 0. The van der Waals surface area contributed by atoms with E-state index in [0.29, 0.717) is 19.0 Å². The van der Waals surface area contributed by atoms with Gasteiger partial charge in [-0.05, 0) is 55.7 Å². The fourth-order valence-corrected chi connectivity index (χ4v) is 5.01. The molecule has 1 fully saturated rings. The highest BCUT2D eigenvalue weighted by Gasteiger charge is 2.30. The first-order valence-electron chi connectivity index (χ1n) is 9.01. The van der Waals surface area contributed by atoms with Crippen LogP contribution in [0.5, 0.6) is 0 Å². The van der Waals surface area contributed by atoms with Crippen molar-refractivity contribution in [3.63, 3.8) is 0 Å². The first-order valence-corrected chi connectivity index (χ1v) is 10.5. The van der Waals surface area contributed by atoms with Crippen molar-refractivity contribution in [2.24, 2.45) is 11.8 Å². The van der Waals surface area contributed by atoms with Crippen LogP contribution in [-0.4, -0.2) is 38.4 Å². The van der Waals surface area contributed by atoms with Crippen LogP contribution in [0.1, 0.15) is 43.0 Å². The molecule has 0 amide bonds. The summed E-state index contributed by atoms with van der Waals surface area (Å²) < 4.78 is 46.0. The fourth-order valence-electron chi connectivity index (χ4n) is 3.40. The summed E-state index contributed by atoms with van der Waals surface area (Å²) in [6, 6.07) is 3.38. The van der Waals surface area contributed by atoms with Gasteiger partial charge in [0.05, 0.1) is 12.2 Å². The number of rotatable bonds is 5. The van der Waals surface area contributed by atoms with E-state index >= 15 is 0 Å². The van der Waals surface area contributed by atoms with Crippen LogP contribution < -0.4 is 0 Å². The van der Waals surface area contributed by atoms with E-state index in [0.717, 1.165) is 37.8 Å². The molecule has 1 heterocycles. The zero-order valence-corrected chi connectivity index (χ0v) is 15.7. The number of nitrogens with zero attached hydrogens (tertiary/aromatic N) is 1. The quantitative estimate of drug-likeness (QED) is 0.579. The molecule has 0 bridgehead atoms. The second kappa shape index (κ2) is 7.88. The molecule has 7 heteroatoms. The summed E-state index contributed by atoms with van der Waals surface area (Å²) in [5.74, 6) is -0.798. The van der Waals surface area contributed by atoms with Crippen LogP contribution in [0.2, 0.25) is 0 Å². The summed E-state index contributed by atoms with van der Waals surface area (Å²) in [7, 11) is -3.93. The molecule has 1 saturated heterocycles. The predicted octanol–water partition coefficient (Wildman–Crippen LogP) is 3.37. The highest BCUT2D eigenvalue weighted by Crippen LogP contribution is 2.27. The predicted molar refractivity (Wildman–Crippen MR) is 95.7 cm³/mol. The van der Waals surface area contributed by atoms with Gasteiger partial charge >= 0.3 is 5.97 Å².